The second-order valence-electron chi connectivity index (χ2n) is 6.04. The third-order valence-corrected chi connectivity index (χ3v) is 4.43. The SMILES string of the molecule is COc1ccccc1[C@H]1CN(C(C)=O)CCN1C(=O)c1cc(C)on1. The molecule has 2 amide bonds. The molecule has 3 rings (SSSR count). The number of para-hydroxylation sites is 1. The first-order chi connectivity index (χ1) is 12.0. The predicted molar refractivity (Wildman–Crippen MR) is 90.3 cm³/mol. The fourth-order valence-corrected chi connectivity index (χ4v) is 3.13. The molecule has 1 fully saturated rings. The summed E-state index contributed by atoms with van der Waals surface area (Å²) in [4.78, 5) is 28.3. The number of ether oxygens (including phenoxy) is 1. The molecule has 132 valence electrons. The van der Waals surface area contributed by atoms with Crippen molar-refractivity contribution in [1.82, 2.24) is 15.0 Å². The molecule has 1 aliphatic rings. The van der Waals surface area contributed by atoms with E-state index in [2.05, 4.69) is 5.16 Å². The van der Waals surface area contributed by atoms with Crippen molar-refractivity contribution in [3.8, 4) is 5.75 Å². The van der Waals surface area contributed by atoms with Crippen molar-refractivity contribution in [1.29, 1.82) is 0 Å². The Morgan fingerprint density at radius 1 is 1.28 bits per heavy atom. The van der Waals surface area contributed by atoms with Gasteiger partial charge in [-0.1, -0.05) is 23.4 Å². The molecule has 2 heterocycles. The van der Waals surface area contributed by atoms with Crippen LogP contribution in [0.1, 0.15) is 34.8 Å². The Bertz CT molecular complexity index is 786. The van der Waals surface area contributed by atoms with Gasteiger partial charge in [0.05, 0.1) is 13.2 Å². The third kappa shape index (κ3) is 3.35. The molecule has 7 nitrogen and oxygen atoms in total. The number of nitrogens with zero attached hydrogens (tertiary/aromatic N) is 3. The van der Waals surface area contributed by atoms with Crippen LogP contribution in [-0.4, -0.2) is 53.5 Å². The first-order valence-corrected chi connectivity index (χ1v) is 8.14. The molecule has 1 atom stereocenters. The van der Waals surface area contributed by atoms with Crippen LogP contribution < -0.4 is 4.74 Å². The summed E-state index contributed by atoms with van der Waals surface area (Å²) in [7, 11) is 1.59. The van der Waals surface area contributed by atoms with Gasteiger partial charge in [-0.25, -0.2) is 0 Å². The Morgan fingerprint density at radius 2 is 2.04 bits per heavy atom. The van der Waals surface area contributed by atoms with Gasteiger partial charge in [-0.15, -0.1) is 0 Å². The zero-order valence-corrected chi connectivity index (χ0v) is 14.6. The number of carbonyl (C=O) groups excluding carboxylic acids is 2. The van der Waals surface area contributed by atoms with Crippen molar-refractivity contribution in [3.63, 3.8) is 0 Å². The second-order valence-corrected chi connectivity index (χ2v) is 6.04. The van der Waals surface area contributed by atoms with Crippen molar-refractivity contribution in [2.24, 2.45) is 0 Å². The van der Waals surface area contributed by atoms with Crippen molar-refractivity contribution >= 4 is 11.8 Å². The van der Waals surface area contributed by atoms with Gasteiger partial charge in [0, 0.05) is 38.2 Å². The summed E-state index contributed by atoms with van der Waals surface area (Å²) >= 11 is 0. The number of aryl methyl sites for hydroxylation is 1. The zero-order chi connectivity index (χ0) is 18.0. The van der Waals surface area contributed by atoms with E-state index in [9.17, 15) is 9.59 Å². The summed E-state index contributed by atoms with van der Waals surface area (Å²) < 4.78 is 10.5. The fourth-order valence-electron chi connectivity index (χ4n) is 3.13. The molecule has 0 aliphatic carbocycles. The Kier molecular flexibility index (Phi) is 4.74. The summed E-state index contributed by atoms with van der Waals surface area (Å²) in [5, 5.41) is 3.84. The molecule has 2 aromatic rings. The maximum atomic E-state index is 12.9. The van der Waals surface area contributed by atoms with Crippen molar-refractivity contribution in [2.75, 3.05) is 26.7 Å². The van der Waals surface area contributed by atoms with E-state index in [1.54, 1.807) is 29.9 Å². The maximum Gasteiger partial charge on any atom is 0.276 e. The first kappa shape index (κ1) is 17.0. The van der Waals surface area contributed by atoms with Crippen LogP contribution in [0.15, 0.2) is 34.9 Å². The van der Waals surface area contributed by atoms with E-state index in [-0.39, 0.29) is 23.6 Å². The molecule has 25 heavy (non-hydrogen) atoms. The highest BCUT2D eigenvalue weighted by molar-refractivity contribution is 5.93. The van der Waals surface area contributed by atoms with Gasteiger partial charge in [-0.3, -0.25) is 9.59 Å². The summed E-state index contributed by atoms with van der Waals surface area (Å²) in [6, 6.07) is 8.86. The minimum atomic E-state index is -0.307. The van der Waals surface area contributed by atoms with Crippen LogP contribution in [0.4, 0.5) is 0 Å². The zero-order valence-electron chi connectivity index (χ0n) is 14.6. The molecule has 1 aromatic carbocycles. The van der Waals surface area contributed by atoms with Crippen molar-refractivity contribution in [2.45, 2.75) is 19.9 Å². The molecular weight excluding hydrogens is 322 g/mol. The molecule has 0 saturated carbocycles. The van der Waals surface area contributed by atoms with E-state index in [0.717, 1.165) is 5.56 Å². The lowest BCUT2D eigenvalue weighted by molar-refractivity contribution is -0.131. The number of piperazine rings is 1. The average molecular weight is 343 g/mol. The molecule has 0 spiro atoms. The lowest BCUT2D eigenvalue weighted by Gasteiger charge is -2.41. The Balaban J connectivity index is 1.97. The van der Waals surface area contributed by atoms with Gasteiger partial charge >= 0.3 is 0 Å². The number of hydrogen-bond acceptors (Lipinski definition) is 5. The summed E-state index contributed by atoms with van der Waals surface area (Å²) in [6.07, 6.45) is 0. The topological polar surface area (TPSA) is 75.9 Å². The van der Waals surface area contributed by atoms with E-state index >= 15 is 0 Å². The summed E-state index contributed by atoms with van der Waals surface area (Å²) in [6.45, 7) is 4.61. The Morgan fingerprint density at radius 3 is 2.68 bits per heavy atom. The van der Waals surface area contributed by atoms with Gasteiger partial charge < -0.3 is 19.1 Å². The number of hydrogen-bond donors (Lipinski definition) is 0. The van der Waals surface area contributed by atoms with Gasteiger partial charge in [-0.05, 0) is 13.0 Å². The molecule has 1 aliphatic heterocycles. The monoisotopic (exact) mass is 343 g/mol. The van der Waals surface area contributed by atoms with Gasteiger partial charge in [0.15, 0.2) is 5.69 Å². The molecule has 0 unspecified atom stereocenters. The van der Waals surface area contributed by atoms with Gasteiger partial charge in [0.2, 0.25) is 5.91 Å². The van der Waals surface area contributed by atoms with E-state index in [1.807, 2.05) is 24.3 Å². The number of rotatable bonds is 3. The highest BCUT2D eigenvalue weighted by atomic mass is 16.5. The largest absolute Gasteiger partial charge is 0.496 e. The molecule has 0 bridgehead atoms. The molecule has 1 aromatic heterocycles. The van der Waals surface area contributed by atoms with Crippen LogP contribution in [0.3, 0.4) is 0 Å². The smallest absolute Gasteiger partial charge is 0.276 e. The van der Waals surface area contributed by atoms with Gasteiger partial charge in [-0.2, -0.15) is 0 Å². The minimum Gasteiger partial charge on any atom is -0.496 e. The van der Waals surface area contributed by atoms with Crippen LogP contribution in [0.2, 0.25) is 0 Å². The number of benzene rings is 1. The molecule has 1 saturated heterocycles. The van der Waals surface area contributed by atoms with E-state index in [1.165, 1.54) is 6.92 Å². The highest BCUT2D eigenvalue weighted by Crippen LogP contribution is 2.33. The average Bonchev–Trinajstić information content (AvgIpc) is 3.07. The molecule has 7 heteroatoms. The highest BCUT2D eigenvalue weighted by Gasteiger charge is 2.35. The maximum absolute atomic E-state index is 12.9. The van der Waals surface area contributed by atoms with Crippen molar-refractivity contribution < 1.29 is 18.8 Å². The van der Waals surface area contributed by atoms with Crippen LogP contribution >= 0.6 is 0 Å². The number of amides is 2. The van der Waals surface area contributed by atoms with Crippen LogP contribution in [-0.2, 0) is 4.79 Å². The van der Waals surface area contributed by atoms with Crippen molar-refractivity contribution in [3.05, 3.63) is 47.3 Å². The normalized spacial score (nSPS) is 17.5. The number of aromatic nitrogens is 1. The van der Waals surface area contributed by atoms with E-state index in [4.69, 9.17) is 9.26 Å². The second kappa shape index (κ2) is 6.96. The minimum absolute atomic E-state index is 0.00993. The van der Waals surface area contributed by atoms with Gasteiger partial charge in [0.25, 0.3) is 5.91 Å². The summed E-state index contributed by atoms with van der Waals surface area (Å²) in [5.41, 5.74) is 1.14. The van der Waals surface area contributed by atoms with E-state index < -0.39 is 0 Å². The Hall–Kier alpha value is -2.83. The molecule has 0 N–H and O–H groups in total. The van der Waals surface area contributed by atoms with E-state index in [0.29, 0.717) is 31.1 Å². The first-order valence-electron chi connectivity index (χ1n) is 8.14. The summed E-state index contributed by atoms with van der Waals surface area (Å²) in [5.74, 6) is 1.05. The quantitative estimate of drug-likeness (QED) is 0.852. The van der Waals surface area contributed by atoms with Crippen LogP contribution in [0.25, 0.3) is 0 Å². The Labute approximate surface area is 146 Å². The van der Waals surface area contributed by atoms with Gasteiger partial charge in [0.1, 0.15) is 11.5 Å². The fraction of sp³-hybridized carbons (Fsp3) is 0.389. The lowest BCUT2D eigenvalue weighted by Crippen LogP contribution is -2.52. The molecule has 0 radical (unpaired) electrons. The number of methoxy groups -OCH3 is 1. The predicted octanol–water partition coefficient (Wildman–Crippen LogP) is 2.04. The molecular formula is C18H21N3O4. The third-order valence-electron chi connectivity index (χ3n) is 4.43. The standard InChI is InChI=1S/C18H21N3O4/c1-12-10-15(19-25-12)18(23)21-9-8-20(13(2)22)11-16(21)14-6-4-5-7-17(14)24-3/h4-7,10,16H,8-9,11H2,1-3H3/t16-/m1/s1. The lowest BCUT2D eigenvalue weighted by atomic mass is 10.0. The van der Waals surface area contributed by atoms with Crippen LogP contribution in [0, 0.1) is 6.92 Å². The van der Waals surface area contributed by atoms with Crippen LogP contribution in [0.5, 0.6) is 5.75 Å². The number of carbonyl (C=O) groups is 2.